The van der Waals surface area contributed by atoms with E-state index in [-0.39, 0.29) is 11.3 Å². The molecule has 9 heteroatoms. The van der Waals surface area contributed by atoms with Gasteiger partial charge >= 0.3 is 12.1 Å². The Morgan fingerprint density at radius 1 is 0.941 bits per heavy atom. The molecule has 0 aliphatic rings. The van der Waals surface area contributed by atoms with Crippen LogP contribution in [0.15, 0.2) is 78.9 Å². The molecule has 0 bridgehead atoms. The van der Waals surface area contributed by atoms with E-state index in [1.807, 2.05) is 0 Å². The van der Waals surface area contributed by atoms with Crippen molar-refractivity contribution in [1.29, 1.82) is 0 Å². The van der Waals surface area contributed by atoms with Crippen LogP contribution in [0.3, 0.4) is 0 Å². The van der Waals surface area contributed by atoms with Gasteiger partial charge in [-0.15, -0.1) is 0 Å². The van der Waals surface area contributed by atoms with Crippen molar-refractivity contribution in [1.82, 2.24) is 4.98 Å². The van der Waals surface area contributed by atoms with Gasteiger partial charge in [0.25, 0.3) is 5.91 Å². The van der Waals surface area contributed by atoms with Crippen molar-refractivity contribution in [3.05, 3.63) is 95.0 Å². The highest BCUT2D eigenvalue weighted by atomic mass is 35.5. The van der Waals surface area contributed by atoms with E-state index < -0.39 is 30.2 Å². The fraction of sp³-hybridized carbons (Fsp3) is 0.0800. The van der Waals surface area contributed by atoms with Gasteiger partial charge in [0.1, 0.15) is 0 Å². The van der Waals surface area contributed by atoms with Crippen LogP contribution in [0.1, 0.15) is 15.9 Å². The Hall–Kier alpha value is -3.91. The number of alkyl halides is 3. The summed E-state index contributed by atoms with van der Waals surface area (Å²) in [7, 11) is 0. The lowest BCUT2D eigenvalue weighted by Crippen LogP contribution is -2.21. The van der Waals surface area contributed by atoms with Gasteiger partial charge in [-0.25, -0.2) is 9.78 Å². The third-order valence-corrected chi connectivity index (χ3v) is 5.14. The molecule has 0 aliphatic carbocycles. The molecule has 34 heavy (non-hydrogen) atoms. The first-order valence-electron chi connectivity index (χ1n) is 10.0. The van der Waals surface area contributed by atoms with Gasteiger partial charge in [-0.05, 0) is 42.5 Å². The summed E-state index contributed by atoms with van der Waals surface area (Å²) in [5, 5.41) is 3.38. The summed E-state index contributed by atoms with van der Waals surface area (Å²) in [6, 6.07) is 19.6. The molecule has 3 aromatic carbocycles. The molecule has 1 amide bonds. The van der Waals surface area contributed by atoms with Crippen LogP contribution in [0, 0.1) is 0 Å². The molecular formula is C25H16ClF3N2O3. The molecule has 0 saturated carbocycles. The Morgan fingerprint density at radius 3 is 2.41 bits per heavy atom. The van der Waals surface area contributed by atoms with E-state index in [9.17, 15) is 22.8 Å². The van der Waals surface area contributed by atoms with Crippen molar-refractivity contribution in [3.8, 4) is 11.3 Å². The van der Waals surface area contributed by atoms with Crippen molar-refractivity contribution >= 4 is 40.1 Å². The van der Waals surface area contributed by atoms with Crippen LogP contribution in [-0.2, 0) is 15.7 Å². The van der Waals surface area contributed by atoms with E-state index in [0.29, 0.717) is 21.6 Å². The number of fused-ring (bicyclic) bond motifs is 1. The number of halogens is 4. The molecule has 0 aliphatic heterocycles. The summed E-state index contributed by atoms with van der Waals surface area (Å²) in [5.41, 5.74) is 1.02. The number of esters is 1. The topological polar surface area (TPSA) is 68.3 Å². The van der Waals surface area contributed by atoms with E-state index in [1.165, 1.54) is 12.1 Å². The first-order chi connectivity index (χ1) is 16.2. The van der Waals surface area contributed by atoms with Crippen molar-refractivity contribution < 1.29 is 27.5 Å². The maximum Gasteiger partial charge on any atom is 0.416 e. The molecule has 0 atom stereocenters. The van der Waals surface area contributed by atoms with Crippen molar-refractivity contribution in [3.63, 3.8) is 0 Å². The van der Waals surface area contributed by atoms with Crippen LogP contribution >= 0.6 is 11.6 Å². The fourth-order valence-electron chi connectivity index (χ4n) is 3.29. The average molecular weight is 485 g/mol. The number of carbonyl (C=O) groups is 2. The lowest BCUT2D eigenvalue weighted by atomic mass is 10.0. The molecule has 0 spiro atoms. The first kappa shape index (κ1) is 23.3. The number of pyridine rings is 1. The molecule has 172 valence electrons. The molecule has 4 rings (SSSR count). The van der Waals surface area contributed by atoms with E-state index >= 15 is 0 Å². The zero-order valence-electron chi connectivity index (χ0n) is 17.4. The predicted molar refractivity (Wildman–Crippen MR) is 123 cm³/mol. The van der Waals surface area contributed by atoms with E-state index in [1.54, 1.807) is 54.6 Å². The van der Waals surface area contributed by atoms with Gasteiger partial charge in [-0.2, -0.15) is 13.2 Å². The predicted octanol–water partition coefficient (Wildman–Crippen LogP) is 6.37. The largest absolute Gasteiger partial charge is 0.452 e. The van der Waals surface area contributed by atoms with Gasteiger partial charge in [-0.1, -0.05) is 48.0 Å². The number of carbonyl (C=O) groups excluding carboxylic acids is 2. The van der Waals surface area contributed by atoms with E-state index in [2.05, 4.69) is 10.3 Å². The molecule has 0 radical (unpaired) electrons. The third-order valence-electron chi connectivity index (χ3n) is 4.88. The molecule has 0 unspecified atom stereocenters. The molecule has 0 fully saturated rings. The van der Waals surface area contributed by atoms with Crippen molar-refractivity contribution in [2.24, 2.45) is 0 Å². The van der Waals surface area contributed by atoms with Crippen molar-refractivity contribution in [2.45, 2.75) is 6.18 Å². The van der Waals surface area contributed by atoms with Crippen LogP contribution in [0.5, 0.6) is 0 Å². The monoisotopic (exact) mass is 484 g/mol. The highest BCUT2D eigenvalue weighted by molar-refractivity contribution is 6.30. The number of rotatable bonds is 5. The maximum atomic E-state index is 12.9. The maximum absolute atomic E-state index is 12.9. The standard InChI is InChI=1S/C25H16ClF3N2O3/c26-17-10-8-15(9-11-17)22-13-20(19-6-1-2-7-21(19)31-22)24(33)34-14-23(32)30-18-5-3-4-16(12-18)25(27,28)29/h1-13H,14H2,(H,30,32). The smallest absolute Gasteiger partial charge is 0.416 e. The molecule has 1 heterocycles. The Bertz CT molecular complexity index is 1370. The summed E-state index contributed by atoms with van der Waals surface area (Å²) in [6.45, 7) is -0.679. The number of nitrogens with one attached hydrogen (secondary N) is 1. The van der Waals surface area contributed by atoms with Gasteiger partial charge < -0.3 is 10.1 Å². The zero-order chi connectivity index (χ0) is 24.3. The molecule has 4 aromatic rings. The summed E-state index contributed by atoms with van der Waals surface area (Å²) in [6.07, 6.45) is -4.54. The number of aromatic nitrogens is 1. The second kappa shape index (κ2) is 9.52. The van der Waals surface area contributed by atoms with Gasteiger partial charge in [0.05, 0.1) is 22.3 Å². The quantitative estimate of drug-likeness (QED) is 0.334. The number of hydrogen-bond donors (Lipinski definition) is 1. The van der Waals surface area contributed by atoms with Gasteiger partial charge in [0.15, 0.2) is 6.61 Å². The molecule has 1 N–H and O–H groups in total. The second-order valence-corrected chi connectivity index (χ2v) is 7.72. The Labute approximate surface area is 197 Å². The first-order valence-corrected chi connectivity index (χ1v) is 10.4. The number of ether oxygens (including phenoxy) is 1. The zero-order valence-corrected chi connectivity index (χ0v) is 18.2. The number of para-hydroxylation sites is 1. The fourth-order valence-corrected chi connectivity index (χ4v) is 3.42. The summed E-state index contributed by atoms with van der Waals surface area (Å²) < 4.78 is 43.7. The minimum atomic E-state index is -4.54. The number of nitrogens with zero attached hydrogens (tertiary/aromatic N) is 1. The number of hydrogen-bond acceptors (Lipinski definition) is 4. The van der Waals surface area contributed by atoms with Crippen LogP contribution in [0.25, 0.3) is 22.2 Å². The SMILES string of the molecule is O=C(COC(=O)c1cc(-c2ccc(Cl)cc2)nc2ccccc12)Nc1cccc(C(F)(F)F)c1. The third kappa shape index (κ3) is 5.35. The number of anilines is 1. The number of benzene rings is 3. The Balaban J connectivity index is 1.53. The van der Waals surface area contributed by atoms with Gasteiger partial charge in [-0.3, -0.25) is 4.79 Å². The van der Waals surface area contributed by atoms with Crippen molar-refractivity contribution in [2.75, 3.05) is 11.9 Å². The molecule has 0 saturated heterocycles. The van der Waals surface area contributed by atoms with E-state index in [4.69, 9.17) is 16.3 Å². The molecule has 1 aromatic heterocycles. The van der Waals surface area contributed by atoms with Crippen LogP contribution in [0.2, 0.25) is 5.02 Å². The Morgan fingerprint density at radius 2 is 1.68 bits per heavy atom. The van der Waals surface area contributed by atoms with E-state index in [0.717, 1.165) is 17.7 Å². The van der Waals surface area contributed by atoms with Crippen LogP contribution < -0.4 is 5.32 Å². The highest BCUT2D eigenvalue weighted by Gasteiger charge is 2.30. The second-order valence-electron chi connectivity index (χ2n) is 7.28. The van der Waals surface area contributed by atoms with Gasteiger partial charge in [0.2, 0.25) is 0 Å². The van der Waals surface area contributed by atoms with Gasteiger partial charge in [0, 0.05) is 21.7 Å². The normalized spacial score (nSPS) is 11.3. The lowest BCUT2D eigenvalue weighted by Gasteiger charge is -2.11. The summed E-state index contributed by atoms with van der Waals surface area (Å²) in [4.78, 5) is 29.6. The average Bonchev–Trinajstić information content (AvgIpc) is 2.82. The lowest BCUT2D eigenvalue weighted by molar-refractivity contribution is -0.137. The summed E-state index contributed by atoms with van der Waals surface area (Å²) in [5.74, 6) is -1.54. The minimum absolute atomic E-state index is 0.0599. The Kier molecular flexibility index (Phi) is 6.51. The van der Waals surface area contributed by atoms with Crippen LogP contribution in [0.4, 0.5) is 18.9 Å². The molecular weight excluding hydrogens is 469 g/mol. The number of amides is 1. The summed E-state index contributed by atoms with van der Waals surface area (Å²) >= 11 is 5.95. The highest BCUT2D eigenvalue weighted by Crippen LogP contribution is 2.31. The minimum Gasteiger partial charge on any atom is -0.452 e. The van der Waals surface area contributed by atoms with Crippen LogP contribution in [-0.4, -0.2) is 23.5 Å². The molecule has 5 nitrogen and oxygen atoms in total.